The first-order valence-electron chi connectivity index (χ1n) is 7.92. The Morgan fingerprint density at radius 3 is 2.25 bits per heavy atom. The molecule has 108 valence electrons. The lowest BCUT2D eigenvalue weighted by molar-refractivity contribution is -0.0538. The number of rotatable bonds is 4. The molecule has 1 aromatic heterocycles. The van der Waals surface area contributed by atoms with E-state index < -0.39 is 0 Å². The Morgan fingerprint density at radius 1 is 1.05 bits per heavy atom. The van der Waals surface area contributed by atoms with Crippen LogP contribution in [0.15, 0.2) is 17.4 Å². The average molecular weight is 289 g/mol. The van der Waals surface area contributed by atoms with Crippen LogP contribution in [0.25, 0.3) is 0 Å². The van der Waals surface area contributed by atoms with Gasteiger partial charge < -0.3 is 5.73 Å². The van der Waals surface area contributed by atoms with Gasteiger partial charge in [0.25, 0.3) is 0 Å². The Morgan fingerprint density at radius 2 is 1.65 bits per heavy atom. The summed E-state index contributed by atoms with van der Waals surface area (Å²) in [6, 6.07) is 0. The number of nitrogen functional groups attached to an aromatic ring is 1. The van der Waals surface area contributed by atoms with Gasteiger partial charge in [-0.05, 0) is 68.1 Å². The second-order valence-corrected chi connectivity index (χ2v) is 8.35. The number of aromatic nitrogens is 2. The maximum atomic E-state index is 5.87. The van der Waals surface area contributed by atoms with E-state index in [1.165, 1.54) is 44.9 Å². The Balaban J connectivity index is 1.39. The number of thioether (sulfide) groups is 1. The minimum Gasteiger partial charge on any atom is -0.381 e. The van der Waals surface area contributed by atoms with Crippen molar-refractivity contribution < 1.29 is 0 Å². The molecule has 0 radical (unpaired) electrons. The largest absolute Gasteiger partial charge is 0.381 e. The van der Waals surface area contributed by atoms with E-state index in [4.69, 9.17) is 5.73 Å². The zero-order valence-electron chi connectivity index (χ0n) is 11.9. The van der Waals surface area contributed by atoms with Crippen LogP contribution in [0.5, 0.6) is 0 Å². The van der Waals surface area contributed by atoms with Gasteiger partial charge in [0.15, 0.2) is 5.82 Å². The van der Waals surface area contributed by atoms with Gasteiger partial charge in [-0.2, -0.15) is 0 Å². The second-order valence-electron chi connectivity index (χ2n) is 7.26. The van der Waals surface area contributed by atoms with Crippen molar-refractivity contribution in [2.24, 2.45) is 23.2 Å². The van der Waals surface area contributed by atoms with E-state index >= 15 is 0 Å². The van der Waals surface area contributed by atoms with E-state index in [0.29, 0.717) is 11.2 Å². The smallest absolute Gasteiger partial charge is 0.156 e. The van der Waals surface area contributed by atoms with Crippen molar-refractivity contribution >= 4 is 17.6 Å². The summed E-state index contributed by atoms with van der Waals surface area (Å²) in [6.45, 7) is 0. The highest BCUT2D eigenvalue weighted by Crippen LogP contribution is 2.61. The molecule has 1 aromatic rings. The van der Waals surface area contributed by atoms with Crippen LogP contribution in [0.3, 0.4) is 0 Å². The lowest BCUT2D eigenvalue weighted by Crippen LogP contribution is -2.46. The molecular formula is C16H23N3S. The molecule has 4 saturated carbocycles. The van der Waals surface area contributed by atoms with Gasteiger partial charge in [0.1, 0.15) is 5.03 Å². The minimum absolute atomic E-state index is 0.586. The molecule has 4 bridgehead atoms. The molecule has 0 atom stereocenters. The van der Waals surface area contributed by atoms with Crippen molar-refractivity contribution in [2.45, 2.75) is 50.0 Å². The van der Waals surface area contributed by atoms with Gasteiger partial charge in [-0.25, -0.2) is 9.97 Å². The van der Waals surface area contributed by atoms with Gasteiger partial charge in [-0.3, -0.25) is 0 Å². The third kappa shape index (κ3) is 2.32. The summed E-state index contributed by atoms with van der Waals surface area (Å²) in [4.78, 5) is 8.46. The first kappa shape index (κ1) is 12.9. The number of nitrogens with two attached hydrogens (primary N) is 1. The summed E-state index contributed by atoms with van der Waals surface area (Å²) in [5.41, 5.74) is 6.54. The fourth-order valence-corrected chi connectivity index (χ4v) is 6.47. The molecule has 0 aliphatic heterocycles. The van der Waals surface area contributed by atoms with E-state index in [-0.39, 0.29) is 0 Å². The fourth-order valence-electron chi connectivity index (χ4n) is 5.41. The van der Waals surface area contributed by atoms with Crippen molar-refractivity contribution in [3.8, 4) is 0 Å². The highest BCUT2D eigenvalue weighted by atomic mass is 32.2. The van der Waals surface area contributed by atoms with Crippen molar-refractivity contribution in [3.63, 3.8) is 0 Å². The Labute approximate surface area is 125 Å². The quantitative estimate of drug-likeness (QED) is 0.858. The molecule has 4 aliphatic rings. The van der Waals surface area contributed by atoms with Crippen LogP contribution in [0.2, 0.25) is 0 Å². The van der Waals surface area contributed by atoms with Crippen LogP contribution < -0.4 is 5.73 Å². The van der Waals surface area contributed by atoms with Crippen molar-refractivity contribution in [2.75, 3.05) is 11.5 Å². The highest BCUT2D eigenvalue weighted by molar-refractivity contribution is 7.99. The standard InChI is InChI=1S/C16H23N3S/c17-14-15(19-3-2-18-14)20-4-1-16-8-11-5-12(9-16)7-13(6-11)10-16/h2-3,11-13H,1,4-10H2,(H2,17,18). The summed E-state index contributed by atoms with van der Waals surface area (Å²) in [5.74, 6) is 4.88. The maximum absolute atomic E-state index is 5.87. The topological polar surface area (TPSA) is 51.8 Å². The zero-order chi connectivity index (χ0) is 13.6. The fraction of sp³-hybridized carbons (Fsp3) is 0.750. The lowest BCUT2D eigenvalue weighted by atomic mass is 9.49. The first-order valence-corrected chi connectivity index (χ1v) is 8.90. The van der Waals surface area contributed by atoms with Gasteiger partial charge >= 0.3 is 0 Å². The molecule has 4 aliphatic carbocycles. The van der Waals surface area contributed by atoms with Crippen molar-refractivity contribution in [1.29, 1.82) is 0 Å². The molecule has 2 N–H and O–H groups in total. The third-order valence-electron chi connectivity index (χ3n) is 5.73. The predicted molar refractivity (Wildman–Crippen MR) is 82.4 cm³/mol. The van der Waals surface area contributed by atoms with E-state index in [0.717, 1.165) is 28.5 Å². The van der Waals surface area contributed by atoms with Crippen LogP contribution in [0.4, 0.5) is 5.82 Å². The molecular weight excluding hydrogens is 266 g/mol. The number of nitrogens with zero attached hydrogens (tertiary/aromatic N) is 2. The van der Waals surface area contributed by atoms with Crippen molar-refractivity contribution in [3.05, 3.63) is 12.4 Å². The average Bonchev–Trinajstić information content (AvgIpc) is 2.39. The molecule has 0 amide bonds. The van der Waals surface area contributed by atoms with Gasteiger partial charge in [0.05, 0.1) is 0 Å². The van der Waals surface area contributed by atoms with Gasteiger partial charge in [-0.15, -0.1) is 11.8 Å². The summed E-state index contributed by atoms with van der Waals surface area (Å²) in [5, 5.41) is 0.914. The molecule has 20 heavy (non-hydrogen) atoms. The van der Waals surface area contributed by atoms with Crippen LogP contribution in [0, 0.1) is 23.2 Å². The van der Waals surface area contributed by atoms with Gasteiger partial charge in [0.2, 0.25) is 0 Å². The highest BCUT2D eigenvalue weighted by Gasteiger charge is 2.50. The summed E-state index contributed by atoms with van der Waals surface area (Å²) < 4.78 is 0. The lowest BCUT2D eigenvalue weighted by Gasteiger charge is -2.57. The minimum atomic E-state index is 0.586. The van der Waals surface area contributed by atoms with E-state index in [2.05, 4.69) is 9.97 Å². The number of anilines is 1. The normalized spacial score (nSPS) is 38.3. The Bertz CT molecular complexity index is 467. The SMILES string of the molecule is Nc1nccnc1SCCC12CC3CC(CC(C3)C1)C2. The second kappa shape index (κ2) is 4.90. The van der Waals surface area contributed by atoms with E-state index in [9.17, 15) is 0 Å². The van der Waals surface area contributed by atoms with E-state index in [1.807, 2.05) is 0 Å². The summed E-state index contributed by atoms with van der Waals surface area (Å²) in [6.07, 6.45) is 13.8. The zero-order valence-corrected chi connectivity index (χ0v) is 12.7. The molecule has 0 unspecified atom stereocenters. The molecule has 4 heteroatoms. The van der Waals surface area contributed by atoms with Gasteiger partial charge in [0, 0.05) is 18.1 Å². The maximum Gasteiger partial charge on any atom is 0.156 e. The Hall–Kier alpha value is -0.770. The predicted octanol–water partition coefficient (Wildman–Crippen LogP) is 3.76. The molecule has 4 fully saturated rings. The van der Waals surface area contributed by atoms with Crippen molar-refractivity contribution in [1.82, 2.24) is 9.97 Å². The van der Waals surface area contributed by atoms with E-state index in [1.54, 1.807) is 24.2 Å². The molecule has 0 saturated heterocycles. The molecule has 3 nitrogen and oxygen atoms in total. The van der Waals surface area contributed by atoms with Crippen LogP contribution in [0.1, 0.15) is 44.9 Å². The number of hydrogen-bond donors (Lipinski definition) is 1. The van der Waals surface area contributed by atoms with Crippen LogP contribution in [-0.4, -0.2) is 15.7 Å². The molecule has 0 spiro atoms. The number of hydrogen-bond acceptors (Lipinski definition) is 4. The Kier molecular flexibility index (Phi) is 3.17. The van der Waals surface area contributed by atoms with Gasteiger partial charge in [-0.1, -0.05) is 0 Å². The first-order chi connectivity index (χ1) is 9.72. The molecule has 5 rings (SSSR count). The summed E-state index contributed by atoms with van der Waals surface area (Å²) in [7, 11) is 0. The van der Waals surface area contributed by atoms with Crippen LogP contribution >= 0.6 is 11.8 Å². The monoisotopic (exact) mass is 289 g/mol. The van der Waals surface area contributed by atoms with Crippen LogP contribution in [-0.2, 0) is 0 Å². The summed E-state index contributed by atoms with van der Waals surface area (Å²) >= 11 is 1.80. The molecule has 0 aromatic carbocycles. The molecule has 1 heterocycles. The third-order valence-corrected chi connectivity index (χ3v) is 6.72.